The maximum absolute atomic E-state index is 12.9. The van der Waals surface area contributed by atoms with Crippen LogP contribution in [0.1, 0.15) is 22.8 Å². The molecule has 0 unspecified atom stereocenters. The maximum Gasteiger partial charge on any atom is 0.343 e. The van der Waals surface area contributed by atoms with Crippen LogP contribution in [0.4, 0.5) is 4.79 Å². The molecule has 2 amide bonds. The van der Waals surface area contributed by atoms with Crippen LogP contribution in [0.25, 0.3) is 6.08 Å². The van der Waals surface area contributed by atoms with Crippen LogP contribution in [0.5, 0.6) is 17.2 Å². The van der Waals surface area contributed by atoms with Crippen molar-refractivity contribution in [1.82, 2.24) is 4.90 Å². The van der Waals surface area contributed by atoms with Crippen LogP contribution in [0.15, 0.2) is 76.1 Å². The van der Waals surface area contributed by atoms with Gasteiger partial charge in [-0.15, -0.1) is 0 Å². The highest BCUT2D eigenvalue weighted by Gasteiger charge is 2.35. The Morgan fingerprint density at radius 3 is 2.49 bits per heavy atom. The molecule has 0 radical (unpaired) electrons. The van der Waals surface area contributed by atoms with E-state index in [1.165, 1.54) is 0 Å². The Kier molecular flexibility index (Phi) is 8.91. The smallest absolute Gasteiger partial charge is 0.343 e. The summed E-state index contributed by atoms with van der Waals surface area (Å²) in [6.07, 6.45) is 1.60. The fraction of sp³-hybridized carbons (Fsp3) is 0.148. The zero-order valence-electron chi connectivity index (χ0n) is 19.6. The van der Waals surface area contributed by atoms with Crippen molar-refractivity contribution in [3.05, 3.63) is 92.3 Å². The van der Waals surface area contributed by atoms with Crippen molar-refractivity contribution < 1.29 is 28.6 Å². The van der Waals surface area contributed by atoms with Gasteiger partial charge in [-0.25, -0.2) is 4.79 Å². The molecule has 0 spiro atoms. The van der Waals surface area contributed by atoms with Gasteiger partial charge in [-0.3, -0.25) is 14.5 Å². The minimum atomic E-state index is -0.579. The lowest BCUT2D eigenvalue weighted by atomic mass is 10.1. The molecule has 0 N–H and O–H groups in total. The summed E-state index contributed by atoms with van der Waals surface area (Å²) in [4.78, 5) is 39.4. The zero-order chi connectivity index (χ0) is 26.4. The van der Waals surface area contributed by atoms with E-state index < -0.39 is 11.9 Å². The first-order valence-corrected chi connectivity index (χ1v) is 13.2. The molecule has 10 heteroatoms. The van der Waals surface area contributed by atoms with Crippen LogP contribution in [-0.2, 0) is 4.79 Å². The first kappa shape index (κ1) is 26.8. The fourth-order valence-corrected chi connectivity index (χ4v) is 4.92. The van der Waals surface area contributed by atoms with Gasteiger partial charge in [-0.1, -0.05) is 29.8 Å². The van der Waals surface area contributed by atoms with E-state index in [-0.39, 0.29) is 29.0 Å². The van der Waals surface area contributed by atoms with E-state index in [1.54, 1.807) is 61.5 Å². The van der Waals surface area contributed by atoms with Gasteiger partial charge in [0.05, 0.1) is 28.1 Å². The highest BCUT2D eigenvalue weighted by molar-refractivity contribution is 9.10. The average Bonchev–Trinajstić information content (AvgIpc) is 3.14. The Morgan fingerprint density at radius 2 is 1.78 bits per heavy atom. The standard InChI is InChI=1S/C27H21BrClNO6S/c1-2-34-22-15-17(14-21(28)24(22)36-26(32)18-8-10-19(29)11-9-18)16-23-25(31)30(27(33)37-23)12-13-35-20-6-4-3-5-7-20/h3-11,14-16H,2,12-13H2,1H3/b23-16-. The first-order valence-electron chi connectivity index (χ1n) is 11.2. The molecule has 0 aromatic heterocycles. The van der Waals surface area contributed by atoms with E-state index in [1.807, 2.05) is 18.2 Å². The lowest BCUT2D eigenvalue weighted by Gasteiger charge is -2.14. The second-order valence-corrected chi connectivity index (χ2v) is 9.94. The minimum Gasteiger partial charge on any atom is -0.492 e. The Hall–Kier alpha value is -3.27. The van der Waals surface area contributed by atoms with Crippen LogP contribution in [-0.4, -0.2) is 41.8 Å². The van der Waals surface area contributed by atoms with Crippen molar-refractivity contribution in [2.75, 3.05) is 19.8 Å². The Balaban J connectivity index is 1.49. The number of carbonyl (C=O) groups excluding carboxylic acids is 3. The largest absolute Gasteiger partial charge is 0.492 e. The Labute approximate surface area is 231 Å². The number of halogens is 2. The number of hydrogen-bond donors (Lipinski definition) is 0. The number of esters is 1. The van der Waals surface area contributed by atoms with Crippen LogP contribution < -0.4 is 14.2 Å². The third kappa shape index (κ3) is 6.74. The number of hydrogen-bond acceptors (Lipinski definition) is 7. The fourth-order valence-electron chi connectivity index (χ4n) is 3.39. The molecule has 1 saturated heterocycles. The molecule has 7 nitrogen and oxygen atoms in total. The molecule has 1 fully saturated rings. The van der Waals surface area contributed by atoms with Crippen molar-refractivity contribution in [3.8, 4) is 17.2 Å². The molecule has 1 aliphatic heterocycles. The summed E-state index contributed by atoms with van der Waals surface area (Å²) in [5.41, 5.74) is 0.917. The summed E-state index contributed by atoms with van der Waals surface area (Å²) < 4.78 is 17.4. The number of nitrogens with zero attached hydrogens (tertiary/aromatic N) is 1. The number of benzene rings is 3. The number of imide groups is 1. The molecule has 3 aromatic carbocycles. The summed E-state index contributed by atoms with van der Waals surface area (Å²) in [6.45, 7) is 2.43. The molecule has 190 valence electrons. The molecule has 0 atom stereocenters. The molecule has 4 rings (SSSR count). The molecule has 37 heavy (non-hydrogen) atoms. The summed E-state index contributed by atoms with van der Waals surface area (Å²) in [5, 5.41) is 0.135. The number of amides is 2. The SMILES string of the molecule is CCOc1cc(/C=C2\SC(=O)N(CCOc3ccccc3)C2=O)cc(Br)c1OC(=O)c1ccc(Cl)cc1. The maximum atomic E-state index is 12.9. The van der Waals surface area contributed by atoms with Gasteiger partial charge >= 0.3 is 5.97 Å². The third-order valence-electron chi connectivity index (χ3n) is 5.10. The van der Waals surface area contributed by atoms with E-state index in [2.05, 4.69) is 15.9 Å². The monoisotopic (exact) mass is 601 g/mol. The summed E-state index contributed by atoms with van der Waals surface area (Å²) in [5.74, 6) is 0.185. The van der Waals surface area contributed by atoms with Gasteiger partial charge in [0.1, 0.15) is 12.4 Å². The second-order valence-electron chi connectivity index (χ2n) is 7.65. The summed E-state index contributed by atoms with van der Waals surface area (Å²) in [7, 11) is 0. The Bertz CT molecular complexity index is 1350. The molecule has 3 aromatic rings. The average molecular weight is 603 g/mol. The van der Waals surface area contributed by atoms with E-state index in [4.69, 9.17) is 25.8 Å². The molecule has 1 aliphatic rings. The van der Waals surface area contributed by atoms with Gasteiger partial charge in [0.2, 0.25) is 0 Å². The predicted octanol–water partition coefficient (Wildman–Crippen LogP) is 6.84. The van der Waals surface area contributed by atoms with Gasteiger partial charge in [-0.2, -0.15) is 0 Å². The topological polar surface area (TPSA) is 82.1 Å². The summed E-state index contributed by atoms with van der Waals surface area (Å²) >= 11 is 10.2. The number of para-hydroxylation sites is 1. The van der Waals surface area contributed by atoms with Gasteiger partial charge in [0, 0.05) is 5.02 Å². The number of ether oxygens (including phenoxy) is 3. The molecule has 0 bridgehead atoms. The molecule has 0 aliphatic carbocycles. The van der Waals surface area contributed by atoms with Crippen LogP contribution in [0.3, 0.4) is 0 Å². The summed E-state index contributed by atoms with van der Waals surface area (Å²) in [6, 6.07) is 18.8. The quantitative estimate of drug-likeness (QED) is 0.151. The first-order chi connectivity index (χ1) is 17.9. The molecular formula is C27H21BrClNO6S. The van der Waals surface area contributed by atoms with Gasteiger partial charge in [0.25, 0.3) is 11.1 Å². The highest BCUT2D eigenvalue weighted by atomic mass is 79.9. The molecular weight excluding hydrogens is 582 g/mol. The molecule has 1 heterocycles. The van der Waals surface area contributed by atoms with Crippen molar-refractivity contribution in [3.63, 3.8) is 0 Å². The second kappa shape index (κ2) is 12.3. The predicted molar refractivity (Wildman–Crippen MR) is 146 cm³/mol. The van der Waals surface area contributed by atoms with Gasteiger partial charge in [0.15, 0.2) is 11.5 Å². The third-order valence-corrected chi connectivity index (χ3v) is 6.85. The lowest BCUT2D eigenvalue weighted by molar-refractivity contribution is -0.123. The van der Waals surface area contributed by atoms with E-state index >= 15 is 0 Å². The van der Waals surface area contributed by atoms with Crippen LogP contribution in [0, 0.1) is 0 Å². The van der Waals surface area contributed by atoms with Crippen molar-refractivity contribution >= 4 is 62.5 Å². The van der Waals surface area contributed by atoms with E-state index in [0.29, 0.717) is 38.7 Å². The van der Waals surface area contributed by atoms with Crippen LogP contribution >= 0.6 is 39.3 Å². The lowest BCUT2D eigenvalue weighted by Crippen LogP contribution is -2.32. The number of carbonyl (C=O) groups is 3. The normalized spacial score (nSPS) is 14.2. The van der Waals surface area contributed by atoms with Crippen molar-refractivity contribution in [1.29, 1.82) is 0 Å². The minimum absolute atomic E-state index is 0.129. The highest BCUT2D eigenvalue weighted by Crippen LogP contribution is 2.39. The molecule has 0 saturated carbocycles. The zero-order valence-corrected chi connectivity index (χ0v) is 22.8. The Morgan fingerprint density at radius 1 is 1.05 bits per heavy atom. The van der Waals surface area contributed by atoms with Gasteiger partial charge < -0.3 is 14.2 Å². The van der Waals surface area contributed by atoms with E-state index in [0.717, 1.165) is 16.7 Å². The van der Waals surface area contributed by atoms with Gasteiger partial charge in [-0.05, 0) is 94.8 Å². The van der Waals surface area contributed by atoms with Crippen molar-refractivity contribution in [2.24, 2.45) is 0 Å². The van der Waals surface area contributed by atoms with E-state index in [9.17, 15) is 14.4 Å². The number of rotatable bonds is 9. The van der Waals surface area contributed by atoms with Crippen LogP contribution in [0.2, 0.25) is 5.02 Å². The van der Waals surface area contributed by atoms with Crippen molar-refractivity contribution in [2.45, 2.75) is 6.92 Å². The number of thioether (sulfide) groups is 1.